The number of likely N-dealkylation sites (N-methyl/N-ethyl adjacent to an activating group) is 1. The van der Waals surface area contributed by atoms with Gasteiger partial charge in [0, 0.05) is 51.0 Å². The van der Waals surface area contributed by atoms with Crippen molar-refractivity contribution in [1.29, 1.82) is 0 Å². The van der Waals surface area contributed by atoms with Crippen molar-refractivity contribution < 1.29 is 22.4 Å². The van der Waals surface area contributed by atoms with Crippen molar-refractivity contribution >= 4 is 43.3 Å². The molecule has 11 nitrogen and oxygen atoms in total. The van der Waals surface area contributed by atoms with Crippen LogP contribution in [0.2, 0.25) is 0 Å². The van der Waals surface area contributed by atoms with Gasteiger partial charge in [-0.1, -0.05) is 12.0 Å². The third kappa shape index (κ3) is 4.51. The molecule has 0 bridgehead atoms. The van der Waals surface area contributed by atoms with Gasteiger partial charge >= 0.3 is 5.91 Å². The third-order valence-corrected chi connectivity index (χ3v) is 10.1. The van der Waals surface area contributed by atoms with Crippen LogP contribution in [0, 0.1) is 12.3 Å². The van der Waals surface area contributed by atoms with Gasteiger partial charge < -0.3 is 14.6 Å². The summed E-state index contributed by atoms with van der Waals surface area (Å²) in [7, 11) is 1.34. The number of carbonyl (C=O) groups is 2. The molecule has 1 fully saturated rings. The van der Waals surface area contributed by atoms with Gasteiger partial charge in [-0.15, -0.1) is 17.8 Å². The van der Waals surface area contributed by atoms with E-state index in [2.05, 4.69) is 16.2 Å². The topological polar surface area (TPSA) is 119 Å². The molecule has 1 unspecified atom stereocenters. The second-order valence-electron chi connectivity index (χ2n) is 8.97. The maximum absolute atomic E-state index is 13.5. The van der Waals surface area contributed by atoms with Crippen LogP contribution in [0.5, 0.6) is 0 Å². The summed E-state index contributed by atoms with van der Waals surface area (Å²) in [5, 5.41) is 7.21. The molecule has 4 heterocycles. The van der Waals surface area contributed by atoms with E-state index >= 15 is 0 Å². The average molecular weight is 543 g/mol. The highest BCUT2D eigenvalue weighted by Crippen LogP contribution is 2.33. The van der Waals surface area contributed by atoms with Crippen LogP contribution in [0.25, 0.3) is 10.1 Å². The standard InChI is InChI=1S/C24H26N6O5S2/c1-5-15-6-7-16-11-21(36-20(16)10-15)37(33,34)29-8-9-30(18(13-29)22(31)25-2)24(32)23-26-17-12-27(3)28(4)14-19(17)35-23/h1,6-7,10-11,18H,8-9,12-14H2,2-4H3,(H,25,31). The van der Waals surface area contributed by atoms with Crippen LogP contribution in [0.4, 0.5) is 0 Å². The van der Waals surface area contributed by atoms with Crippen molar-refractivity contribution in [2.75, 3.05) is 40.8 Å². The molecule has 0 aliphatic carbocycles. The number of hydrazine groups is 1. The number of hydrogen-bond acceptors (Lipinski definition) is 9. The number of carbonyl (C=O) groups excluding carboxylic acids is 2. The molecule has 1 atom stereocenters. The molecule has 2 aliphatic heterocycles. The molecule has 2 aromatic heterocycles. The number of terminal acetylenes is 1. The zero-order chi connectivity index (χ0) is 26.5. The first-order valence-corrected chi connectivity index (χ1v) is 13.8. The quantitative estimate of drug-likeness (QED) is 0.484. The zero-order valence-corrected chi connectivity index (χ0v) is 22.2. The van der Waals surface area contributed by atoms with E-state index in [-0.39, 0.29) is 29.7 Å². The van der Waals surface area contributed by atoms with Crippen molar-refractivity contribution in [2.24, 2.45) is 0 Å². The highest BCUT2D eigenvalue weighted by molar-refractivity contribution is 7.91. The first kappa shape index (κ1) is 25.4. The second kappa shape index (κ2) is 9.55. The number of nitrogens with zero attached hydrogens (tertiary/aromatic N) is 5. The Kier molecular flexibility index (Phi) is 6.55. The van der Waals surface area contributed by atoms with E-state index in [4.69, 9.17) is 10.8 Å². The van der Waals surface area contributed by atoms with Crippen LogP contribution in [0.1, 0.15) is 27.7 Å². The molecule has 2 amide bonds. The Hall–Kier alpha value is -3.28. The normalized spacial score (nSPS) is 19.5. The van der Waals surface area contributed by atoms with E-state index in [1.165, 1.54) is 16.3 Å². The summed E-state index contributed by atoms with van der Waals surface area (Å²) in [6, 6.07) is 5.88. The maximum atomic E-state index is 13.5. The number of benzene rings is 1. The number of rotatable bonds is 4. The molecule has 0 saturated carbocycles. The maximum Gasteiger partial charge on any atom is 0.310 e. The van der Waals surface area contributed by atoms with Gasteiger partial charge in [0.1, 0.15) is 16.0 Å². The summed E-state index contributed by atoms with van der Waals surface area (Å²) in [6.07, 6.45) is 5.47. The van der Waals surface area contributed by atoms with Crippen LogP contribution in [0.3, 0.4) is 0 Å². The molecule has 13 heteroatoms. The van der Waals surface area contributed by atoms with Gasteiger partial charge in [0.05, 0.1) is 18.8 Å². The molecule has 5 rings (SSSR count). The molecule has 1 N–H and O–H groups in total. The van der Waals surface area contributed by atoms with E-state index < -0.39 is 27.9 Å². The molecular weight excluding hydrogens is 516 g/mol. The minimum atomic E-state index is -3.91. The molecule has 1 saturated heterocycles. The fourth-order valence-corrected chi connectivity index (χ4v) is 7.50. The number of aromatic nitrogens is 1. The molecule has 194 valence electrons. The fraction of sp³-hybridized carbons (Fsp3) is 0.375. The summed E-state index contributed by atoms with van der Waals surface area (Å²) in [6.45, 7) is 0.802. The predicted octanol–water partition coefficient (Wildman–Crippen LogP) is 0.924. The molecule has 0 radical (unpaired) electrons. The third-order valence-electron chi connectivity index (χ3n) is 6.71. The molecule has 37 heavy (non-hydrogen) atoms. The van der Waals surface area contributed by atoms with Gasteiger partial charge in [0.15, 0.2) is 0 Å². The van der Waals surface area contributed by atoms with E-state index in [9.17, 15) is 18.0 Å². The van der Waals surface area contributed by atoms with Gasteiger partial charge in [0.2, 0.25) is 5.91 Å². The minimum Gasteiger partial charge on any atom is -0.436 e. The lowest BCUT2D eigenvalue weighted by Gasteiger charge is -2.38. The van der Waals surface area contributed by atoms with Crippen molar-refractivity contribution in [1.82, 2.24) is 29.5 Å². The summed E-state index contributed by atoms with van der Waals surface area (Å²) in [4.78, 5) is 31.9. The Morgan fingerprint density at radius 2 is 1.95 bits per heavy atom. The van der Waals surface area contributed by atoms with E-state index in [1.807, 2.05) is 24.1 Å². The summed E-state index contributed by atoms with van der Waals surface area (Å²) in [5.41, 5.74) is 1.33. The number of oxazole rings is 1. The van der Waals surface area contributed by atoms with E-state index in [0.29, 0.717) is 30.1 Å². The average Bonchev–Trinajstić information content (AvgIpc) is 3.51. The number of sulfonamides is 1. The summed E-state index contributed by atoms with van der Waals surface area (Å²) < 4.78 is 35.0. The van der Waals surface area contributed by atoms with Crippen LogP contribution < -0.4 is 5.32 Å². The Morgan fingerprint density at radius 3 is 2.68 bits per heavy atom. The first-order chi connectivity index (χ1) is 17.6. The van der Waals surface area contributed by atoms with Crippen LogP contribution in [0.15, 0.2) is 32.9 Å². The number of fused-ring (bicyclic) bond motifs is 2. The Balaban J connectivity index is 1.40. The zero-order valence-electron chi connectivity index (χ0n) is 20.6. The van der Waals surface area contributed by atoms with Gasteiger partial charge in [0.25, 0.3) is 15.9 Å². The number of thiophene rings is 1. The van der Waals surface area contributed by atoms with Crippen molar-refractivity contribution in [3.05, 3.63) is 47.2 Å². The van der Waals surface area contributed by atoms with E-state index in [1.54, 1.807) is 24.3 Å². The first-order valence-electron chi connectivity index (χ1n) is 11.6. The Labute approximate surface area is 218 Å². The number of amides is 2. The lowest BCUT2D eigenvalue weighted by atomic mass is 10.1. The molecule has 2 aliphatic rings. The second-order valence-corrected chi connectivity index (χ2v) is 12.2. The summed E-state index contributed by atoms with van der Waals surface area (Å²) >= 11 is 1.12. The Morgan fingerprint density at radius 1 is 1.19 bits per heavy atom. The monoisotopic (exact) mass is 542 g/mol. The largest absolute Gasteiger partial charge is 0.436 e. The highest BCUT2D eigenvalue weighted by atomic mass is 32.2. The Bertz CT molecular complexity index is 1510. The smallest absolute Gasteiger partial charge is 0.310 e. The highest BCUT2D eigenvalue weighted by Gasteiger charge is 2.42. The molecule has 0 spiro atoms. The van der Waals surface area contributed by atoms with E-state index in [0.717, 1.165) is 21.4 Å². The number of hydrogen-bond donors (Lipinski definition) is 1. The fourth-order valence-electron chi connectivity index (χ4n) is 4.47. The van der Waals surface area contributed by atoms with Crippen LogP contribution in [-0.4, -0.2) is 91.3 Å². The van der Waals surface area contributed by atoms with Gasteiger partial charge in [-0.25, -0.2) is 23.4 Å². The van der Waals surface area contributed by atoms with Crippen LogP contribution >= 0.6 is 11.3 Å². The molecule has 3 aromatic rings. The van der Waals surface area contributed by atoms with Gasteiger partial charge in [-0.05, 0) is 23.6 Å². The van der Waals surface area contributed by atoms with Crippen molar-refractivity contribution in [2.45, 2.75) is 23.3 Å². The lowest BCUT2D eigenvalue weighted by molar-refractivity contribution is -0.126. The van der Waals surface area contributed by atoms with Gasteiger partial charge in [-0.3, -0.25) is 9.59 Å². The predicted molar refractivity (Wildman–Crippen MR) is 137 cm³/mol. The lowest BCUT2D eigenvalue weighted by Crippen LogP contribution is -2.61. The molecular formula is C24H26N6O5S2. The number of piperazine rings is 1. The van der Waals surface area contributed by atoms with Crippen molar-refractivity contribution in [3.8, 4) is 12.3 Å². The van der Waals surface area contributed by atoms with Crippen molar-refractivity contribution in [3.63, 3.8) is 0 Å². The summed E-state index contributed by atoms with van der Waals surface area (Å²) in [5.74, 6) is 2.02. The number of nitrogens with one attached hydrogen (secondary N) is 1. The van der Waals surface area contributed by atoms with Crippen LogP contribution in [-0.2, 0) is 27.9 Å². The SMILES string of the molecule is C#Cc1ccc2cc(S(=O)(=O)N3CCN(C(=O)c4nc5c(o4)CN(C)N(C)C5)C(C(=O)NC)C3)sc2c1. The molecule has 1 aromatic carbocycles. The minimum absolute atomic E-state index is 0.00907. The van der Waals surface area contributed by atoms with Gasteiger partial charge in [-0.2, -0.15) is 4.31 Å².